The molecule has 114 valence electrons. The molecule has 1 saturated carbocycles. The van der Waals surface area contributed by atoms with E-state index in [0.29, 0.717) is 25.2 Å². The molecule has 1 atom stereocenters. The van der Waals surface area contributed by atoms with Gasteiger partial charge in [-0.05, 0) is 38.5 Å². The monoisotopic (exact) mass is 273 g/mol. The van der Waals surface area contributed by atoms with Gasteiger partial charge in [0.15, 0.2) is 0 Å². The van der Waals surface area contributed by atoms with Gasteiger partial charge in [-0.1, -0.05) is 13.8 Å². The van der Waals surface area contributed by atoms with E-state index in [2.05, 4.69) is 26.1 Å². The molecule has 2 N–H and O–H groups in total. The van der Waals surface area contributed by atoms with Crippen molar-refractivity contribution in [3.63, 3.8) is 0 Å². The second-order valence-corrected chi connectivity index (χ2v) is 6.32. The Morgan fingerprint density at radius 1 is 1.21 bits per heavy atom. The Kier molecular flexibility index (Phi) is 7.91. The Morgan fingerprint density at radius 3 is 2.47 bits per heavy atom. The van der Waals surface area contributed by atoms with Gasteiger partial charge < -0.3 is 19.9 Å². The average molecular weight is 273 g/mol. The number of aliphatic hydroxyl groups is 1. The Morgan fingerprint density at radius 2 is 1.89 bits per heavy atom. The maximum absolute atomic E-state index is 9.46. The van der Waals surface area contributed by atoms with Gasteiger partial charge >= 0.3 is 0 Å². The van der Waals surface area contributed by atoms with Gasteiger partial charge in [-0.3, -0.25) is 0 Å². The van der Waals surface area contributed by atoms with Crippen molar-refractivity contribution in [1.82, 2.24) is 5.32 Å². The van der Waals surface area contributed by atoms with E-state index < -0.39 is 0 Å². The normalized spacial score (nSPS) is 18.8. The summed E-state index contributed by atoms with van der Waals surface area (Å²) in [5.41, 5.74) is -0.140. The zero-order valence-corrected chi connectivity index (χ0v) is 12.8. The lowest BCUT2D eigenvalue weighted by Crippen LogP contribution is -2.47. The Bertz CT molecular complexity index is 231. The number of hydrogen-bond donors (Lipinski definition) is 2. The van der Waals surface area contributed by atoms with E-state index in [1.54, 1.807) is 0 Å². The third-order valence-electron chi connectivity index (χ3n) is 3.32. The van der Waals surface area contributed by atoms with Crippen LogP contribution in [0.2, 0.25) is 0 Å². The van der Waals surface area contributed by atoms with Crippen LogP contribution in [0.3, 0.4) is 0 Å². The third-order valence-corrected chi connectivity index (χ3v) is 3.32. The van der Waals surface area contributed by atoms with E-state index in [9.17, 15) is 5.11 Å². The summed E-state index contributed by atoms with van der Waals surface area (Å²) in [4.78, 5) is 0. The summed E-state index contributed by atoms with van der Waals surface area (Å²) in [6, 6.07) is 0.627. The van der Waals surface area contributed by atoms with Crippen molar-refractivity contribution < 1.29 is 14.6 Å². The Hall–Kier alpha value is -0.160. The Labute approximate surface area is 117 Å². The largest absolute Gasteiger partial charge is 0.394 e. The molecule has 0 aliphatic heterocycles. The van der Waals surface area contributed by atoms with Crippen molar-refractivity contribution in [2.45, 2.75) is 58.0 Å². The van der Waals surface area contributed by atoms with Crippen LogP contribution in [-0.4, -0.2) is 49.7 Å². The van der Waals surface area contributed by atoms with E-state index in [1.165, 1.54) is 12.8 Å². The van der Waals surface area contributed by atoms with Crippen molar-refractivity contribution in [3.05, 3.63) is 0 Å². The fraction of sp³-hybridized carbons (Fsp3) is 1.00. The van der Waals surface area contributed by atoms with Crippen LogP contribution in [0.5, 0.6) is 0 Å². The molecular weight excluding hydrogens is 242 g/mol. The van der Waals surface area contributed by atoms with E-state index >= 15 is 0 Å². The number of hydrogen-bond acceptors (Lipinski definition) is 4. The highest BCUT2D eigenvalue weighted by Gasteiger charge is 2.31. The number of ether oxygens (including phenoxy) is 2. The topological polar surface area (TPSA) is 50.7 Å². The molecule has 0 saturated heterocycles. The van der Waals surface area contributed by atoms with Gasteiger partial charge in [-0.25, -0.2) is 0 Å². The quantitative estimate of drug-likeness (QED) is 0.534. The first kappa shape index (κ1) is 16.9. The molecule has 0 aromatic rings. The van der Waals surface area contributed by atoms with Crippen molar-refractivity contribution in [2.75, 3.05) is 33.0 Å². The van der Waals surface area contributed by atoms with Crippen LogP contribution in [0, 0.1) is 5.92 Å². The van der Waals surface area contributed by atoms with Crippen LogP contribution < -0.4 is 5.32 Å². The van der Waals surface area contributed by atoms with Crippen LogP contribution in [0.1, 0.15) is 46.5 Å². The summed E-state index contributed by atoms with van der Waals surface area (Å²) in [5.74, 6) is 0.582. The number of nitrogens with one attached hydrogen (secondary N) is 1. The molecule has 1 unspecified atom stereocenters. The summed E-state index contributed by atoms with van der Waals surface area (Å²) < 4.78 is 11.0. The van der Waals surface area contributed by atoms with Crippen LogP contribution in [-0.2, 0) is 9.47 Å². The molecule has 4 nitrogen and oxygen atoms in total. The minimum absolute atomic E-state index is 0.140. The molecule has 1 aliphatic rings. The first-order valence-electron chi connectivity index (χ1n) is 7.60. The van der Waals surface area contributed by atoms with Gasteiger partial charge in [0.1, 0.15) is 0 Å². The highest BCUT2D eigenvalue weighted by molar-refractivity contribution is 4.92. The van der Waals surface area contributed by atoms with E-state index in [4.69, 9.17) is 9.47 Å². The van der Waals surface area contributed by atoms with Gasteiger partial charge in [-0.2, -0.15) is 0 Å². The van der Waals surface area contributed by atoms with E-state index in [1.807, 2.05) is 0 Å². The van der Waals surface area contributed by atoms with Gasteiger partial charge in [0.2, 0.25) is 0 Å². The lowest BCUT2D eigenvalue weighted by atomic mass is 9.97. The van der Waals surface area contributed by atoms with Crippen LogP contribution >= 0.6 is 0 Å². The summed E-state index contributed by atoms with van der Waals surface area (Å²) in [6.07, 6.45) is 4.42. The first-order valence-corrected chi connectivity index (χ1v) is 7.60. The lowest BCUT2D eigenvalue weighted by molar-refractivity contribution is 0.0338. The predicted molar refractivity (Wildman–Crippen MR) is 77.4 cm³/mol. The second kappa shape index (κ2) is 8.90. The maximum Gasteiger partial charge on any atom is 0.0700 e. The molecule has 1 fully saturated rings. The summed E-state index contributed by atoms with van der Waals surface area (Å²) in [7, 11) is 0. The predicted octanol–water partition coefficient (Wildman–Crippen LogP) is 1.96. The van der Waals surface area contributed by atoms with Crippen molar-refractivity contribution in [3.8, 4) is 0 Å². The average Bonchev–Trinajstić information content (AvgIpc) is 3.16. The minimum atomic E-state index is -0.140. The van der Waals surface area contributed by atoms with Crippen LogP contribution in [0.15, 0.2) is 0 Å². The SMILES string of the molecule is CC(C)COCCOCCCC(C)(CO)NC1CC1. The molecular formula is C15H31NO3. The first-order chi connectivity index (χ1) is 9.06. The molecule has 0 spiro atoms. The molecule has 4 heteroatoms. The molecule has 0 amide bonds. The van der Waals surface area contributed by atoms with Crippen LogP contribution in [0.25, 0.3) is 0 Å². The summed E-state index contributed by atoms with van der Waals surface area (Å²) in [5, 5.41) is 13.0. The van der Waals surface area contributed by atoms with Gasteiger partial charge in [0, 0.05) is 24.8 Å². The maximum atomic E-state index is 9.46. The third kappa shape index (κ3) is 8.58. The van der Waals surface area contributed by atoms with E-state index in [-0.39, 0.29) is 12.1 Å². The summed E-state index contributed by atoms with van der Waals surface area (Å²) >= 11 is 0. The molecule has 0 aromatic carbocycles. The highest BCUT2D eigenvalue weighted by atomic mass is 16.5. The fourth-order valence-electron chi connectivity index (χ4n) is 2.02. The van der Waals surface area contributed by atoms with Crippen molar-refractivity contribution >= 4 is 0 Å². The molecule has 0 aromatic heterocycles. The Balaban J connectivity index is 1.93. The van der Waals surface area contributed by atoms with Crippen molar-refractivity contribution in [2.24, 2.45) is 5.92 Å². The fourth-order valence-corrected chi connectivity index (χ4v) is 2.02. The van der Waals surface area contributed by atoms with E-state index in [0.717, 1.165) is 26.1 Å². The second-order valence-electron chi connectivity index (χ2n) is 6.32. The lowest BCUT2D eigenvalue weighted by Gasteiger charge is -2.29. The minimum Gasteiger partial charge on any atom is -0.394 e. The number of rotatable bonds is 12. The molecule has 19 heavy (non-hydrogen) atoms. The summed E-state index contributed by atoms with van der Waals surface area (Å²) in [6.45, 7) is 9.46. The molecule has 0 bridgehead atoms. The zero-order valence-electron chi connectivity index (χ0n) is 12.8. The number of aliphatic hydroxyl groups excluding tert-OH is 1. The van der Waals surface area contributed by atoms with Gasteiger partial charge in [0.25, 0.3) is 0 Å². The van der Waals surface area contributed by atoms with Gasteiger partial charge in [-0.15, -0.1) is 0 Å². The van der Waals surface area contributed by atoms with Crippen LogP contribution in [0.4, 0.5) is 0 Å². The van der Waals surface area contributed by atoms with Gasteiger partial charge in [0.05, 0.1) is 19.8 Å². The van der Waals surface area contributed by atoms with Crippen molar-refractivity contribution in [1.29, 1.82) is 0 Å². The molecule has 1 aliphatic carbocycles. The standard InChI is InChI=1S/C15H31NO3/c1-13(2)11-19-10-9-18-8-4-7-15(3,12-17)16-14-5-6-14/h13-14,16-17H,4-12H2,1-3H3. The zero-order chi connectivity index (χ0) is 14.1. The molecule has 1 rings (SSSR count). The molecule has 0 radical (unpaired) electrons. The highest BCUT2D eigenvalue weighted by Crippen LogP contribution is 2.24. The smallest absolute Gasteiger partial charge is 0.0700 e. The molecule has 0 heterocycles.